The Kier molecular flexibility index (Phi) is 10.3. The zero-order valence-corrected chi connectivity index (χ0v) is 35.8. The first-order valence-electron chi connectivity index (χ1n) is 21.8. The molecule has 1 unspecified atom stereocenters. The quantitative estimate of drug-likeness (QED) is 0.212. The molecule has 4 amide bonds. The first-order chi connectivity index (χ1) is 30.2. The molecule has 16 nitrogen and oxygen atoms in total. The second kappa shape index (κ2) is 15.6. The molecule has 4 atom stereocenters. The van der Waals surface area contributed by atoms with Crippen LogP contribution in [0, 0.1) is 5.82 Å². The minimum atomic E-state index is -4.22. The predicted octanol–water partition coefficient (Wildman–Crippen LogP) is 4.69. The highest BCUT2D eigenvalue weighted by Gasteiger charge is 2.61. The van der Waals surface area contributed by atoms with Gasteiger partial charge in [0.2, 0.25) is 27.8 Å². The summed E-state index contributed by atoms with van der Waals surface area (Å²) in [6.07, 6.45) is 5.47. The Bertz CT molecular complexity index is 2670. The van der Waals surface area contributed by atoms with Crippen molar-refractivity contribution in [2.75, 3.05) is 47.8 Å². The lowest BCUT2D eigenvalue weighted by Crippen LogP contribution is -2.50. The number of fused-ring (bicyclic) bond motifs is 3. The molecule has 2 aromatic carbocycles. The van der Waals surface area contributed by atoms with Gasteiger partial charge < -0.3 is 15.3 Å². The van der Waals surface area contributed by atoms with Crippen LogP contribution in [0.2, 0.25) is 0 Å². The highest BCUT2D eigenvalue weighted by molar-refractivity contribution is 7.89. The topological polar surface area (TPSA) is 186 Å². The number of hydrogen-bond donors (Lipinski definition) is 3. The molecule has 0 radical (unpaired) electrons. The van der Waals surface area contributed by atoms with Crippen LogP contribution >= 0.6 is 0 Å². The van der Waals surface area contributed by atoms with Crippen molar-refractivity contribution in [1.29, 1.82) is 0 Å². The van der Waals surface area contributed by atoms with Crippen LogP contribution in [0.1, 0.15) is 86.8 Å². The molecule has 4 aromatic rings. The Balaban J connectivity index is 0.781. The molecule has 2 saturated carbocycles. The van der Waals surface area contributed by atoms with Gasteiger partial charge in [-0.1, -0.05) is 12.6 Å². The zero-order valence-electron chi connectivity index (χ0n) is 35.0. The van der Waals surface area contributed by atoms with E-state index in [-0.39, 0.29) is 66.1 Å². The van der Waals surface area contributed by atoms with Crippen molar-refractivity contribution in [1.82, 2.24) is 34.3 Å². The summed E-state index contributed by atoms with van der Waals surface area (Å²) in [5, 5.41) is 21.2. The second-order valence-corrected chi connectivity index (χ2v) is 19.8. The third kappa shape index (κ3) is 7.21. The highest BCUT2D eigenvalue weighted by Crippen LogP contribution is 2.57. The number of carbonyl (C=O) groups excluding carboxylic acids is 3. The molecule has 6 heterocycles. The molecule has 332 valence electrons. The Morgan fingerprint density at radius 2 is 1.79 bits per heavy atom. The van der Waals surface area contributed by atoms with Gasteiger partial charge in [-0.2, -0.15) is 14.4 Å². The molecule has 3 N–H and O–H groups in total. The third-order valence-corrected chi connectivity index (χ3v) is 16.0. The van der Waals surface area contributed by atoms with Gasteiger partial charge in [-0.15, -0.1) is 0 Å². The van der Waals surface area contributed by atoms with Crippen molar-refractivity contribution < 1.29 is 36.7 Å². The SMILES string of the molecule is C=C(c1cc(S(=O)(=O)N2CCC(Nc3ncc4c(n3)N([C@@H]3CCC[C@@H](O)C3)C(=O)C43CC3)[C@H](F)C2)ccc1F)N1CCC(c2ccc3c(N4CCC(=O)NC4=O)nn(C)c3c2)CC1. The van der Waals surface area contributed by atoms with E-state index in [0.717, 1.165) is 58.1 Å². The van der Waals surface area contributed by atoms with Gasteiger partial charge >= 0.3 is 6.03 Å². The van der Waals surface area contributed by atoms with Crippen LogP contribution in [0.25, 0.3) is 16.6 Å². The van der Waals surface area contributed by atoms with E-state index in [2.05, 4.69) is 33.4 Å². The number of aliphatic hydroxyl groups excluding tert-OH is 1. The Morgan fingerprint density at radius 1 is 1.00 bits per heavy atom. The van der Waals surface area contributed by atoms with Crippen LogP contribution in [0.15, 0.2) is 54.1 Å². The zero-order chi connectivity index (χ0) is 43.9. The maximum atomic E-state index is 16.0. The first-order valence-corrected chi connectivity index (χ1v) is 23.3. The molecular formula is C44H50F2N10O6S. The van der Waals surface area contributed by atoms with Gasteiger partial charge in [0.05, 0.1) is 28.0 Å². The number of amides is 4. The average molecular weight is 885 g/mol. The summed E-state index contributed by atoms with van der Waals surface area (Å²) in [6, 6.07) is 8.17. The molecule has 4 aliphatic heterocycles. The van der Waals surface area contributed by atoms with Crippen molar-refractivity contribution in [3.63, 3.8) is 0 Å². The Morgan fingerprint density at radius 3 is 2.52 bits per heavy atom. The number of nitrogens with zero attached hydrogens (tertiary/aromatic N) is 8. The van der Waals surface area contributed by atoms with Crippen LogP contribution in [0.4, 0.5) is 31.2 Å². The fourth-order valence-electron chi connectivity index (χ4n) is 10.3. The van der Waals surface area contributed by atoms with E-state index in [9.17, 15) is 27.9 Å². The molecule has 5 fully saturated rings. The summed E-state index contributed by atoms with van der Waals surface area (Å²) in [7, 11) is -2.41. The number of aromatic nitrogens is 4. The lowest BCUT2D eigenvalue weighted by Gasteiger charge is -2.36. The number of urea groups is 1. The Hall–Kier alpha value is -5.53. The number of piperidine rings is 2. The van der Waals surface area contributed by atoms with Crippen LogP contribution in [0.5, 0.6) is 0 Å². The molecule has 2 aliphatic carbocycles. The standard InChI is InChI=1S/C44H50F2N10O6S/c1-25(53-16-10-26(11-17-53)27-6-8-31-37(20-27)52(2)51-39(31)55-19-13-38(58)49-43(55)60)32-22-30(7-9-34(32)45)63(61,62)54-18-12-36(35(46)24-54)48-42-47-23-33-40(50-42)56(41(59)44(33)14-15-44)28-4-3-5-29(57)21-28/h6-9,20,22-23,26,28-29,35-36,57H,1,3-5,10-19,21,24H2,2H3,(H,47,48,50)(H,49,58,60)/t28-,29-,35-,36?/m1/s1. The van der Waals surface area contributed by atoms with E-state index in [1.165, 1.54) is 17.0 Å². The summed E-state index contributed by atoms with van der Waals surface area (Å²) >= 11 is 0. The largest absolute Gasteiger partial charge is 0.393 e. The van der Waals surface area contributed by atoms with E-state index in [1.807, 2.05) is 24.1 Å². The van der Waals surface area contributed by atoms with E-state index in [0.29, 0.717) is 56.1 Å². The molecule has 1 spiro atoms. The summed E-state index contributed by atoms with van der Waals surface area (Å²) < 4.78 is 62.2. The number of rotatable bonds is 9. The van der Waals surface area contributed by atoms with Crippen LogP contribution in [-0.4, -0.2) is 117 Å². The average Bonchev–Trinajstić information content (AvgIpc) is 3.96. The number of nitrogens with one attached hydrogen (secondary N) is 2. The summed E-state index contributed by atoms with van der Waals surface area (Å²) in [5.74, 6) is 0.390. The minimum absolute atomic E-state index is 0.000728. The van der Waals surface area contributed by atoms with Crippen molar-refractivity contribution in [2.45, 2.75) is 105 Å². The van der Waals surface area contributed by atoms with Crippen molar-refractivity contribution in [3.05, 3.63) is 71.7 Å². The van der Waals surface area contributed by atoms with E-state index < -0.39 is 52.1 Å². The number of aryl methyl sites for hydroxylation is 1. The number of carbonyl (C=O) groups is 3. The number of imide groups is 1. The van der Waals surface area contributed by atoms with Gasteiger partial charge in [0.15, 0.2) is 5.82 Å². The molecule has 0 bridgehead atoms. The lowest BCUT2D eigenvalue weighted by molar-refractivity contribution is -0.121. The summed E-state index contributed by atoms with van der Waals surface area (Å²) in [6.45, 7) is 5.10. The molecule has 3 saturated heterocycles. The number of likely N-dealkylation sites (tertiary alicyclic amines) is 1. The smallest absolute Gasteiger partial charge is 0.329 e. The Labute approximate surface area is 363 Å². The molecule has 6 aliphatic rings. The summed E-state index contributed by atoms with van der Waals surface area (Å²) in [4.78, 5) is 52.1. The van der Waals surface area contributed by atoms with E-state index in [1.54, 1.807) is 15.8 Å². The number of halogens is 2. The van der Waals surface area contributed by atoms with Gasteiger partial charge in [0.25, 0.3) is 0 Å². The van der Waals surface area contributed by atoms with E-state index >= 15 is 8.78 Å². The van der Waals surface area contributed by atoms with Crippen molar-refractivity contribution >= 4 is 62.1 Å². The number of alkyl halides is 1. The molecular weight excluding hydrogens is 835 g/mol. The number of hydrogen-bond acceptors (Lipinski definition) is 11. The van der Waals surface area contributed by atoms with Gasteiger partial charge in [0, 0.05) is 80.6 Å². The van der Waals surface area contributed by atoms with Crippen LogP contribution in [-0.2, 0) is 32.1 Å². The number of sulfonamides is 1. The molecule has 10 rings (SSSR count). The van der Waals surface area contributed by atoms with Crippen molar-refractivity contribution in [3.8, 4) is 0 Å². The first kappa shape index (κ1) is 41.5. The maximum Gasteiger partial charge on any atom is 0.329 e. The fourth-order valence-corrected chi connectivity index (χ4v) is 11.8. The normalized spacial score (nSPS) is 25.5. The molecule has 2 aromatic heterocycles. The number of anilines is 3. The number of aliphatic hydroxyl groups is 1. The van der Waals surface area contributed by atoms with Crippen LogP contribution in [0.3, 0.4) is 0 Å². The number of benzene rings is 2. The fraction of sp³-hybridized carbons (Fsp3) is 0.500. The highest BCUT2D eigenvalue weighted by atomic mass is 32.2. The third-order valence-electron chi connectivity index (χ3n) is 14.1. The monoisotopic (exact) mass is 884 g/mol. The maximum absolute atomic E-state index is 16.0. The van der Waals surface area contributed by atoms with Gasteiger partial charge in [-0.05, 0) is 99.6 Å². The van der Waals surface area contributed by atoms with Gasteiger partial charge in [-0.3, -0.25) is 29.4 Å². The van der Waals surface area contributed by atoms with Gasteiger partial charge in [-0.25, -0.2) is 27.0 Å². The molecule has 19 heteroatoms. The lowest BCUT2D eigenvalue weighted by atomic mass is 9.88. The predicted molar refractivity (Wildman–Crippen MR) is 230 cm³/mol. The van der Waals surface area contributed by atoms with E-state index in [4.69, 9.17) is 4.98 Å². The minimum Gasteiger partial charge on any atom is -0.393 e. The van der Waals surface area contributed by atoms with Gasteiger partial charge in [0.1, 0.15) is 17.8 Å². The van der Waals surface area contributed by atoms with Crippen LogP contribution < -0.4 is 20.4 Å². The second-order valence-electron chi connectivity index (χ2n) is 17.9. The van der Waals surface area contributed by atoms with Crippen molar-refractivity contribution in [2.24, 2.45) is 7.05 Å². The molecule has 63 heavy (non-hydrogen) atoms. The summed E-state index contributed by atoms with van der Waals surface area (Å²) in [5.41, 5.74) is 2.52.